The maximum Gasteiger partial charge on any atom is 0.251 e. The van der Waals surface area contributed by atoms with Crippen LogP contribution in [0.2, 0.25) is 0 Å². The van der Waals surface area contributed by atoms with Crippen molar-refractivity contribution >= 4 is 11.8 Å². The Labute approximate surface area is 122 Å². The van der Waals surface area contributed by atoms with Gasteiger partial charge in [0.2, 0.25) is 0 Å². The smallest absolute Gasteiger partial charge is 0.251 e. The van der Waals surface area contributed by atoms with E-state index in [9.17, 15) is 4.79 Å². The van der Waals surface area contributed by atoms with E-state index in [0.717, 1.165) is 34.6 Å². The Kier molecular flexibility index (Phi) is 4.98. The Hall–Kier alpha value is -1.59. The lowest BCUT2D eigenvalue weighted by atomic mass is 10.1. The summed E-state index contributed by atoms with van der Waals surface area (Å²) >= 11 is 1.48. The van der Waals surface area contributed by atoms with Gasteiger partial charge in [-0.3, -0.25) is 4.79 Å². The maximum atomic E-state index is 11.6. The van der Waals surface area contributed by atoms with Crippen LogP contribution in [0.25, 0.3) is 0 Å². The summed E-state index contributed by atoms with van der Waals surface area (Å²) in [5.41, 5.74) is 8.62. The SMILES string of the molecule is CCCc1cc(=O)[nH]c(Sc2ccc(CN)cc2C)n1. The van der Waals surface area contributed by atoms with E-state index in [1.807, 2.05) is 19.1 Å². The second-order valence-corrected chi connectivity index (χ2v) is 5.73. The predicted octanol–water partition coefficient (Wildman–Crippen LogP) is 2.64. The molecule has 4 nitrogen and oxygen atoms in total. The second kappa shape index (κ2) is 6.72. The van der Waals surface area contributed by atoms with Crippen molar-refractivity contribution < 1.29 is 0 Å². The number of rotatable bonds is 5. The van der Waals surface area contributed by atoms with Crippen LogP contribution in [-0.2, 0) is 13.0 Å². The summed E-state index contributed by atoms with van der Waals surface area (Å²) < 4.78 is 0. The predicted molar refractivity (Wildman–Crippen MR) is 82.0 cm³/mol. The van der Waals surface area contributed by atoms with Gasteiger partial charge in [0.1, 0.15) is 0 Å². The number of nitrogens with one attached hydrogen (secondary N) is 1. The molecule has 0 bridgehead atoms. The summed E-state index contributed by atoms with van der Waals surface area (Å²) in [5.74, 6) is 0. The van der Waals surface area contributed by atoms with Crippen LogP contribution in [-0.4, -0.2) is 9.97 Å². The van der Waals surface area contributed by atoms with Crippen LogP contribution in [0.5, 0.6) is 0 Å². The van der Waals surface area contributed by atoms with Crippen LogP contribution in [0.15, 0.2) is 39.1 Å². The number of H-pyrrole nitrogens is 1. The zero-order valence-corrected chi connectivity index (χ0v) is 12.6. The molecule has 0 unspecified atom stereocenters. The van der Waals surface area contributed by atoms with Crippen molar-refractivity contribution in [2.24, 2.45) is 5.73 Å². The summed E-state index contributed by atoms with van der Waals surface area (Å²) in [6, 6.07) is 7.66. The van der Waals surface area contributed by atoms with E-state index in [-0.39, 0.29) is 5.56 Å². The fraction of sp³-hybridized carbons (Fsp3) is 0.333. The highest BCUT2D eigenvalue weighted by atomic mass is 32.2. The quantitative estimate of drug-likeness (QED) is 0.830. The standard InChI is InChI=1S/C15H19N3OS/c1-3-4-12-8-14(19)18-15(17-12)20-13-6-5-11(9-16)7-10(13)2/h5-8H,3-4,9,16H2,1-2H3,(H,17,18,19). The largest absolute Gasteiger partial charge is 0.326 e. The first-order valence-electron chi connectivity index (χ1n) is 6.70. The molecule has 3 N–H and O–H groups in total. The van der Waals surface area contributed by atoms with Gasteiger partial charge in [-0.15, -0.1) is 0 Å². The summed E-state index contributed by atoms with van der Waals surface area (Å²) in [6.07, 6.45) is 1.80. The van der Waals surface area contributed by atoms with Gasteiger partial charge in [0.05, 0.1) is 0 Å². The topological polar surface area (TPSA) is 71.8 Å². The number of aromatic amines is 1. The molecule has 2 rings (SSSR count). The van der Waals surface area contributed by atoms with E-state index < -0.39 is 0 Å². The van der Waals surface area contributed by atoms with Gasteiger partial charge in [0.15, 0.2) is 5.16 Å². The molecule has 0 aliphatic rings. The molecule has 106 valence electrons. The minimum atomic E-state index is -0.0952. The molecule has 0 radical (unpaired) electrons. The van der Waals surface area contributed by atoms with Crippen LogP contribution in [0.3, 0.4) is 0 Å². The maximum absolute atomic E-state index is 11.6. The molecule has 5 heteroatoms. The van der Waals surface area contributed by atoms with Crippen LogP contribution in [0.1, 0.15) is 30.2 Å². The number of hydrogen-bond donors (Lipinski definition) is 2. The number of nitrogens with two attached hydrogens (primary N) is 1. The molecule has 0 atom stereocenters. The van der Waals surface area contributed by atoms with Gasteiger partial charge in [0.25, 0.3) is 5.56 Å². The number of nitrogens with zero attached hydrogens (tertiary/aromatic N) is 1. The highest BCUT2D eigenvalue weighted by Crippen LogP contribution is 2.27. The van der Waals surface area contributed by atoms with Crippen molar-refractivity contribution in [2.75, 3.05) is 0 Å². The van der Waals surface area contributed by atoms with Crippen molar-refractivity contribution in [1.29, 1.82) is 0 Å². The van der Waals surface area contributed by atoms with Crippen molar-refractivity contribution in [2.45, 2.75) is 43.3 Å². The molecule has 0 saturated heterocycles. The Morgan fingerprint density at radius 3 is 2.80 bits per heavy atom. The van der Waals surface area contributed by atoms with E-state index >= 15 is 0 Å². The Morgan fingerprint density at radius 1 is 1.35 bits per heavy atom. The first kappa shape index (κ1) is 14.8. The van der Waals surface area contributed by atoms with Crippen LogP contribution in [0, 0.1) is 6.92 Å². The molecule has 0 saturated carbocycles. The zero-order valence-electron chi connectivity index (χ0n) is 11.8. The van der Waals surface area contributed by atoms with E-state index in [4.69, 9.17) is 5.73 Å². The van der Waals surface area contributed by atoms with Gasteiger partial charge in [-0.25, -0.2) is 4.98 Å². The Bertz CT molecular complexity index is 652. The lowest BCUT2D eigenvalue weighted by molar-refractivity contribution is 0.816. The third-order valence-electron chi connectivity index (χ3n) is 2.96. The van der Waals surface area contributed by atoms with E-state index in [0.29, 0.717) is 11.7 Å². The van der Waals surface area contributed by atoms with E-state index in [1.165, 1.54) is 11.8 Å². The van der Waals surface area contributed by atoms with Crippen molar-refractivity contribution in [3.63, 3.8) is 0 Å². The number of aryl methyl sites for hydroxylation is 2. The molecule has 1 aromatic carbocycles. The summed E-state index contributed by atoms with van der Waals surface area (Å²) in [6.45, 7) is 4.65. The fourth-order valence-corrected chi connectivity index (χ4v) is 2.85. The molecule has 20 heavy (non-hydrogen) atoms. The highest BCUT2D eigenvalue weighted by molar-refractivity contribution is 7.99. The van der Waals surface area contributed by atoms with Gasteiger partial charge in [0, 0.05) is 23.2 Å². The number of hydrogen-bond acceptors (Lipinski definition) is 4. The fourth-order valence-electron chi connectivity index (χ4n) is 1.97. The highest BCUT2D eigenvalue weighted by Gasteiger charge is 2.06. The monoisotopic (exact) mass is 289 g/mol. The van der Waals surface area contributed by atoms with Crippen molar-refractivity contribution in [1.82, 2.24) is 9.97 Å². The molecule has 0 aliphatic heterocycles. The number of benzene rings is 1. The third kappa shape index (κ3) is 3.71. The first-order chi connectivity index (χ1) is 9.62. The molecule has 1 aromatic heterocycles. The zero-order chi connectivity index (χ0) is 14.5. The molecular formula is C15H19N3OS. The Balaban J connectivity index is 2.27. The average molecular weight is 289 g/mol. The Morgan fingerprint density at radius 2 is 2.15 bits per heavy atom. The van der Waals surface area contributed by atoms with E-state index in [1.54, 1.807) is 6.07 Å². The van der Waals surface area contributed by atoms with Gasteiger partial charge in [-0.05, 0) is 30.5 Å². The first-order valence-corrected chi connectivity index (χ1v) is 7.51. The minimum Gasteiger partial charge on any atom is -0.326 e. The summed E-state index contributed by atoms with van der Waals surface area (Å²) in [4.78, 5) is 20.0. The molecule has 0 aliphatic carbocycles. The minimum absolute atomic E-state index is 0.0952. The molecular weight excluding hydrogens is 270 g/mol. The van der Waals surface area contributed by atoms with Gasteiger partial charge in [-0.2, -0.15) is 0 Å². The molecule has 0 fully saturated rings. The van der Waals surface area contributed by atoms with Gasteiger partial charge >= 0.3 is 0 Å². The van der Waals surface area contributed by atoms with E-state index in [2.05, 4.69) is 23.0 Å². The lowest BCUT2D eigenvalue weighted by Crippen LogP contribution is -2.09. The van der Waals surface area contributed by atoms with Crippen LogP contribution >= 0.6 is 11.8 Å². The molecule has 0 spiro atoms. The molecule has 0 amide bonds. The van der Waals surface area contributed by atoms with Gasteiger partial charge < -0.3 is 10.7 Å². The van der Waals surface area contributed by atoms with Crippen molar-refractivity contribution in [3.05, 3.63) is 51.4 Å². The van der Waals surface area contributed by atoms with Crippen LogP contribution < -0.4 is 11.3 Å². The number of aromatic nitrogens is 2. The summed E-state index contributed by atoms with van der Waals surface area (Å²) in [7, 11) is 0. The molecule has 1 heterocycles. The van der Waals surface area contributed by atoms with Crippen molar-refractivity contribution in [3.8, 4) is 0 Å². The van der Waals surface area contributed by atoms with Crippen LogP contribution in [0.4, 0.5) is 0 Å². The van der Waals surface area contributed by atoms with Gasteiger partial charge in [-0.1, -0.05) is 37.2 Å². The third-order valence-corrected chi connectivity index (χ3v) is 4.03. The lowest BCUT2D eigenvalue weighted by Gasteiger charge is -2.07. The normalized spacial score (nSPS) is 10.8. The average Bonchev–Trinajstić information content (AvgIpc) is 2.41. The molecule has 2 aromatic rings. The summed E-state index contributed by atoms with van der Waals surface area (Å²) in [5, 5.41) is 0.643. The second-order valence-electron chi connectivity index (χ2n) is 4.70.